The van der Waals surface area contributed by atoms with Gasteiger partial charge in [-0.25, -0.2) is 4.68 Å². The lowest BCUT2D eigenvalue weighted by Gasteiger charge is -2.14. The number of benzene rings is 1. The summed E-state index contributed by atoms with van der Waals surface area (Å²) in [5, 5.41) is 14.8. The Hall–Kier alpha value is -1.56. The molecule has 1 N–H and O–H groups in total. The Kier molecular flexibility index (Phi) is 3.68. The molecular formula is C13H17N5S. The van der Waals surface area contributed by atoms with Gasteiger partial charge in [0.2, 0.25) is 0 Å². The highest BCUT2D eigenvalue weighted by molar-refractivity contribution is 7.99. The summed E-state index contributed by atoms with van der Waals surface area (Å²) in [5.74, 6) is 3.37. The van der Waals surface area contributed by atoms with E-state index in [4.69, 9.17) is 0 Å². The van der Waals surface area contributed by atoms with Gasteiger partial charge in [-0.3, -0.25) is 0 Å². The van der Waals surface area contributed by atoms with Crippen molar-refractivity contribution in [2.45, 2.75) is 13.3 Å². The fourth-order valence-corrected chi connectivity index (χ4v) is 3.51. The average Bonchev–Trinajstić information content (AvgIpc) is 3.11. The lowest BCUT2D eigenvalue weighted by molar-refractivity contribution is 0.631. The van der Waals surface area contributed by atoms with Gasteiger partial charge < -0.3 is 5.32 Å². The van der Waals surface area contributed by atoms with E-state index < -0.39 is 0 Å². The number of nitrogens with one attached hydrogen (secondary N) is 1. The lowest BCUT2D eigenvalue weighted by Crippen LogP contribution is -2.14. The molecule has 3 rings (SSSR count). The van der Waals surface area contributed by atoms with Crippen LogP contribution in [0.15, 0.2) is 24.5 Å². The van der Waals surface area contributed by atoms with Crippen molar-refractivity contribution >= 4 is 17.4 Å². The number of hydrogen-bond donors (Lipinski definition) is 1. The van der Waals surface area contributed by atoms with E-state index in [1.165, 1.54) is 29.2 Å². The molecule has 2 heterocycles. The molecule has 5 nitrogen and oxygen atoms in total. The van der Waals surface area contributed by atoms with Crippen LogP contribution in [0.25, 0.3) is 5.69 Å². The molecule has 0 saturated carbocycles. The molecule has 1 aliphatic rings. The number of thioether (sulfide) groups is 1. The van der Waals surface area contributed by atoms with E-state index in [1.54, 1.807) is 11.0 Å². The second-order valence-electron chi connectivity index (χ2n) is 4.86. The summed E-state index contributed by atoms with van der Waals surface area (Å²) in [7, 11) is 0. The largest absolute Gasteiger partial charge is 0.384 e. The van der Waals surface area contributed by atoms with Crippen LogP contribution < -0.4 is 5.32 Å². The molecule has 1 atom stereocenters. The molecule has 1 unspecified atom stereocenters. The Bertz CT molecular complexity index is 534. The molecule has 0 bridgehead atoms. The summed E-state index contributed by atoms with van der Waals surface area (Å²) < 4.78 is 1.68. The van der Waals surface area contributed by atoms with Gasteiger partial charge in [-0.05, 0) is 58.9 Å². The average molecular weight is 275 g/mol. The van der Waals surface area contributed by atoms with E-state index in [0.29, 0.717) is 0 Å². The van der Waals surface area contributed by atoms with Gasteiger partial charge in [0.1, 0.15) is 6.33 Å². The van der Waals surface area contributed by atoms with E-state index in [1.807, 2.05) is 6.07 Å². The highest BCUT2D eigenvalue weighted by Gasteiger charge is 2.15. The van der Waals surface area contributed by atoms with Crippen LogP contribution in [0.4, 0.5) is 5.69 Å². The number of aryl methyl sites for hydroxylation is 1. The molecule has 1 aromatic carbocycles. The van der Waals surface area contributed by atoms with E-state index in [2.05, 4.69) is 51.7 Å². The number of hydrogen-bond acceptors (Lipinski definition) is 5. The molecular weight excluding hydrogens is 258 g/mol. The first-order chi connectivity index (χ1) is 9.33. The van der Waals surface area contributed by atoms with Crippen molar-refractivity contribution in [2.75, 3.05) is 23.4 Å². The Morgan fingerprint density at radius 2 is 2.42 bits per heavy atom. The van der Waals surface area contributed by atoms with Crippen LogP contribution in [-0.4, -0.2) is 38.3 Å². The Labute approximate surface area is 116 Å². The SMILES string of the molecule is Cc1ccc(-n2cnnn2)cc1NCC1CCSC1. The van der Waals surface area contributed by atoms with Crippen LogP contribution in [0, 0.1) is 12.8 Å². The van der Waals surface area contributed by atoms with Crippen LogP contribution in [0.5, 0.6) is 0 Å². The van der Waals surface area contributed by atoms with Crippen molar-refractivity contribution in [1.82, 2.24) is 20.2 Å². The van der Waals surface area contributed by atoms with Gasteiger partial charge in [-0.2, -0.15) is 11.8 Å². The van der Waals surface area contributed by atoms with E-state index >= 15 is 0 Å². The predicted molar refractivity (Wildman–Crippen MR) is 77.8 cm³/mol. The normalized spacial score (nSPS) is 18.7. The van der Waals surface area contributed by atoms with Crippen molar-refractivity contribution in [1.29, 1.82) is 0 Å². The standard InChI is InChI=1S/C13H17N5S/c1-10-2-3-12(18-9-15-16-17-18)6-13(10)14-7-11-4-5-19-8-11/h2-3,6,9,11,14H,4-5,7-8H2,1H3. The van der Waals surface area contributed by atoms with Gasteiger partial charge in [0.25, 0.3) is 0 Å². The zero-order valence-electron chi connectivity index (χ0n) is 10.9. The Morgan fingerprint density at radius 1 is 1.47 bits per heavy atom. The summed E-state index contributed by atoms with van der Waals surface area (Å²) in [4.78, 5) is 0. The molecule has 1 aliphatic heterocycles. The van der Waals surface area contributed by atoms with Gasteiger partial charge >= 0.3 is 0 Å². The minimum Gasteiger partial charge on any atom is -0.384 e. The zero-order chi connectivity index (χ0) is 13.1. The molecule has 1 fully saturated rings. The van der Waals surface area contributed by atoms with E-state index in [-0.39, 0.29) is 0 Å². The van der Waals surface area contributed by atoms with Crippen LogP contribution >= 0.6 is 11.8 Å². The van der Waals surface area contributed by atoms with Crippen molar-refractivity contribution in [3.05, 3.63) is 30.1 Å². The van der Waals surface area contributed by atoms with Crippen LogP contribution in [0.3, 0.4) is 0 Å². The van der Waals surface area contributed by atoms with Gasteiger partial charge in [0.05, 0.1) is 5.69 Å². The zero-order valence-corrected chi connectivity index (χ0v) is 11.7. The summed E-state index contributed by atoms with van der Waals surface area (Å²) in [6.45, 7) is 3.17. The molecule has 100 valence electrons. The van der Waals surface area contributed by atoms with Crippen molar-refractivity contribution in [3.63, 3.8) is 0 Å². The summed E-state index contributed by atoms with van der Waals surface area (Å²) in [5.41, 5.74) is 3.41. The second kappa shape index (κ2) is 5.61. The Morgan fingerprint density at radius 3 is 3.16 bits per heavy atom. The minimum atomic E-state index is 0.793. The first kappa shape index (κ1) is 12.5. The molecule has 19 heavy (non-hydrogen) atoms. The number of rotatable bonds is 4. The fraction of sp³-hybridized carbons (Fsp3) is 0.462. The number of aromatic nitrogens is 4. The maximum Gasteiger partial charge on any atom is 0.143 e. The van der Waals surface area contributed by atoms with E-state index in [9.17, 15) is 0 Å². The summed E-state index contributed by atoms with van der Waals surface area (Å²) in [6.07, 6.45) is 2.94. The summed E-state index contributed by atoms with van der Waals surface area (Å²) in [6, 6.07) is 6.23. The van der Waals surface area contributed by atoms with Gasteiger partial charge in [-0.1, -0.05) is 6.07 Å². The van der Waals surface area contributed by atoms with Crippen molar-refractivity contribution < 1.29 is 0 Å². The highest BCUT2D eigenvalue weighted by atomic mass is 32.2. The molecule has 0 spiro atoms. The number of tetrazole rings is 1. The number of nitrogens with zero attached hydrogens (tertiary/aromatic N) is 4. The van der Waals surface area contributed by atoms with Crippen molar-refractivity contribution in [3.8, 4) is 5.69 Å². The third-order valence-electron chi connectivity index (χ3n) is 3.44. The highest BCUT2D eigenvalue weighted by Crippen LogP contribution is 2.25. The second-order valence-corrected chi connectivity index (χ2v) is 6.01. The topological polar surface area (TPSA) is 55.6 Å². The third kappa shape index (κ3) is 2.89. The van der Waals surface area contributed by atoms with Gasteiger partial charge in [0.15, 0.2) is 0 Å². The first-order valence-corrected chi connectivity index (χ1v) is 7.64. The summed E-state index contributed by atoms with van der Waals surface area (Å²) >= 11 is 2.05. The Balaban J connectivity index is 1.74. The van der Waals surface area contributed by atoms with Crippen LogP contribution in [-0.2, 0) is 0 Å². The molecule has 2 aromatic rings. The molecule has 0 radical (unpaired) electrons. The minimum absolute atomic E-state index is 0.793. The molecule has 0 aliphatic carbocycles. The maximum atomic E-state index is 3.92. The monoisotopic (exact) mass is 275 g/mol. The van der Waals surface area contributed by atoms with Gasteiger partial charge in [0, 0.05) is 12.2 Å². The van der Waals surface area contributed by atoms with Crippen LogP contribution in [0.2, 0.25) is 0 Å². The molecule has 1 aromatic heterocycles. The predicted octanol–water partition coefficient (Wildman–Crippen LogP) is 2.14. The maximum absolute atomic E-state index is 3.92. The molecule has 1 saturated heterocycles. The van der Waals surface area contributed by atoms with Gasteiger partial charge in [-0.15, -0.1) is 5.10 Å². The quantitative estimate of drug-likeness (QED) is 0.926. The lowest BCUT2D eigenvalue weighted by atomic mass is 10.1. The molecule has 6 heteroatoms. The number of anilines is 1. The smallest absolute Gasteiger partial charge is 0.143 e. The van der Waals surface area contributed by atoms with Crippen molar-refractivity contribution in [2.24, 2.45) is 5.92 Å². The van der Waals surface area contributed by atoms with Crippen LogP contribution in [0.1, 0.15) is 12.0 Å². The third-order valence-corrected chi connectivity index (χ3v) is 4.67. The molecule has 0 amide bonds. The first-order valence-electron chi connectivity index (χ1n) is 6.48. The van der Waals surface area contributed by atoms with E-state index in [0.717, 1.165) is 18.2 Å². The fourth-order valence-electron chi connectivity index (χ4n) is 2.22.